The highest BCUT2D eigenvalue weighted by atomic mass is 15.3. The van der Waals surface area contributed by atoms with Gasteiger partial charge in [0.25, 0.3) is 0 Å². The minimum atomic E-state index is 0.231. The van der Waals surface area contributed by atoms with Crippen LogP contribution in [-0.2, 0) is 0 Å². The normalized spacial score (nSPS) is 15.4. The van der Waals surface area contributed by atoms with Crippen molar-refractivity contribution in [1.82, 2.24) is 24.5 Å². The smallest absolute Gasteiger partial charge is 0.241 e. The van der Waals surface area contributed by atoms with Crippen molar-refractivity contribution < 1.29 is 0 Å². The van der Waals surface area contributed by atoms with Gasteiger partial charge >= 0.3 is 0 Å². The summed E-state index contributed by atoms with van der Waals surface area (Å²) in [5.41, 5.74) is 5.74. The predicted molar refractivity (Wildman–Crippen MR) is 67.4 cm³/mol. The fourth-order valence-electron chi connectivity index (χ4n) is 1.96. The molecule has 2 N–H and O–H groups in total. The molecule has 1 aliphatic rings. The Labute approximate surface area is 105 Å². The van der Waals surface area contributed by atoms with Crippen LogP contribution >= 0.6 is 0 Å². The van der Waals surface area contributed by atoms with E-state index in [0.29, 0.717) is 17.9 Å². The molecule has 7 heteroatoms. The maximum Gasteiger partial charge on any atom is 0.241 e. The third kappa shape index (κ3) is 1.87. The van der Waals surface area contributed by atoms with Crippen LogP contribution in [0.5, 0.6) is 0 Å². The highest BCUT2D eigenvalue weighted by Gasteiger charge is 2.24. The van der Waals surface area contributed by atoms with Crippen molar-refractivity contribution in [3.05, 3.63) is 18.7 Å². The molecule has 2 heterocycles. The Morgan fingerprint density at radius 3 is 2.78 bits per heavy atom. The zero-order valence-corrected chi connectivity index (χ0v) is 10.2. The molecule has 1 saturated carbocycles. The van der Waals surface area contributed by atoms with E-state index in [1.165, 1.54) is 19.3 Å². The molecule has 0 atom stereocenters. The van der Waals surface area contributed by atoms with Gasteiger partial charge in [0.05, 0.1) is 0 Å². The van der Waals surface area contributed by atoms with Gasteiger partial charge in [-0.1, -0.05) is 0 Å². The topological polar surface area (TPSA) is 85.8 Å². The van der Waals surface area contributed by atoms with Crippen LogP contribution in [0.2, 0.25) is 0 Å². The summed E-state index contributed by atoms with van der Waals surface area (Å²) in [5.74, 6) is 1.35. The van der Waals surface area contributed by atoms with Crippen LogP contribution < -0.4 is 10.6 Å². The standard InChI is InChI=1S/C11H15N7/c1-17(8-3-2-4-8)10-14-9(12)15-11(16-10)18-6-5-13-7-18/h5-8H,2-4H2,1H3,(H2,12,14,15,16). The minimum Gasteiger partial charge on any atom is -0.368 e. The van der Waals surface area contributed by atoms with Crippen molar-refractivity contribution in [2.24, 2.45) is 0 Å². The van der Waals surface area contributed by atoms with Crippen molar-refractivity contribution in [1.29, 1.82) is 0 Å². The number of aromatic nitrogens is 5. The molecule has 0 aliphatic heterocycles. The lowest BCUT2D eigenvalue weighted by Gasteiger charge is -2.34. The van der Waals surface area contributed by atoms with Gasteiger partial charge in [0.1, 0.15) is 6.33 Å². The SMILES string of the molecule is CN(c1nc(N)nc(-n2ccnc2)n1)C1CCC1. The van der Waals surface area contributed by atoms with E-state index in [1.54, 1.807) is 23.3 Å². The van der Waals surface area contributed by atoms with Crippen LogP contribution in [0.4, 0.5) is 11.9 Å². The van der Waals surface area contributed by atoms with Crippen molar-refractivity contribution in [3.8, 4) is 5.95 Å². The van der Waals surface area contributed by atoms with E-state index in [9.17, 15) is 0 Å². The zero-order chi connectivity index (χ0) is 12.5. The van der Waals surface area contributed by atoms with Gasteiger partial charge in [-0.15, -0.1) is 0 Å². The molecule has 7 nitrogen and oxygen atoms in total. The van der Waals surface area contributed by atoms with E-state index in [2.05, 4.69) is 24.8 Å². The average Bonchev–Trinajstić information content (AvgIpc) is 2.79. The van der Waals surface area contributed by atoms with Crippen molar-refractivity contribution in [3.63, 3.8) is 0 Å². The lowest BCUT2D eigenvalue weighted by atomic mass is 9.92. The number of hydrogen-bond acceptors (Lipinski definition) is 6. The molecule has 18 heavy (non-hydrogen) atoms. The monoisotopic (exact) mass is 245 g/mol. The summed E-state index contributed by atoms with van der Waals surface area (Å²) >= 11 is 0. The Bertz CT molecular complexity index is 532. The van der Waals surface area contributed by atoms with Gasteiger partial charge in [0.15, 0.2) is 0 Å². The third-order valence-electron chi connectivity index (χ3n) is 3.30. The zero-order valence-electron chi connectivity index (χ0n) is 10.2. The number of rotatable bonds is 3. The van der Waals surface area contributed by atoms with Crippen LogP contribution in [0.15, 0.2) is 18.7 Å². The lowest BCUT2D eigenvalue weighted by Crippen LogP contribution is -2.38. The van der Waals surface area contributed by atoms with Crippen LogP contribution in [0, 0.1) is 0 Å². The van der Waals surface area contributed by atoms with E-state index in [0.717, 1.165) is 0 Å². The lowest BCUT2D eigenvalue weighted by molar-refractivity contribution is 0.397. The Balaban J connectivity index is 1.95. The van der Waals surface area contributed by atoms with Gasteiger partial charge in [0.2, 0.25) is 17.8 Å². The largest absolute Gasteiger partial charge is 0.368 e. The molecule has 3 rings (SSSR count). The van der Waals surface area contributed by atoms with Gasteiger partial charge in [-0.3, -0.25) is 4.57 Å². The van der Waals surface area contributed by atoms with Gasteiger partial charge in [-0.05, 0) is 19.3 Å². The first kappa shape index (κ1) is 10.9. The molecular formula is C11H15N7. The molecule has 94 valence electrons. The van der Waals surface area contributed by atoms with Gasteiger partial charge in [-0.2, -0.15) is 15.0 Å². The van der Waals surface area contributed by atoms with Crippen LogP contribution in [0.25, 0.3) is 5.95 Å². The molecule has 0 unspecified atom stereocenters. The number of nitrogens with zero attached hydrogens (tertiary/aromatic N) is 6. The first-order valence-electron chi connectivity index (χ1n) is 5.97. The van der Waals surface area contributed by atoms with E-state index >= 15 is 0 Å². The molecule has 1 fully saturated rings. The Morgan fingerprint density at radius 2 is 2.17 bits per heavy atom. The van der Waals surface area contributed by atoms with Crippen molar-refractivity contribution in [2.75, 3.05) is 17.7 Å². The summed E-state index contributed by atoms with van der Waals surface area (Å²) in [5, 5.41) is 0. The van der Waals surface area contributed by atoms with Crippen molar-refractivity contribution >= 4 is 11.9 Å². The molecule has 0 aromatic carbocycles. The van der Waals surface area contributed by atoms with Crippen LogP contribution in [-0.4, -0.2) is 37.6 Å². The summed E-state index contributed by atoms with van der Waals surface area (Å²) in [6.45, 7) is 0. The summed E-state index contributed by atoms with van der Waals surface area (Å²) in [7, 11) is 2.00. The molecule has 0 bridgehead atoms. The Hall–Kier alpha value is -2.18. The van der Waals surface area contributed by atoms with Gasteiger partial charge in [0, 0.05) is 25.5 Å². The van der Waals surface area contributed by atoms with Crippen LogP contribution in [0.1, 0.15) is 19.3 Å². The predicted octanol–water partition coefficient (Wildman–Crippen LogP) is 0.628. The molecule has 1 aliphatic carbocycles. The summed E-state index contributed by atoms with van der Waals surface area (Å²) in [4.78, 5) is 18.8. The number of nitrogens with two attached hydrogens (primary N) is 1. The second kappa shape index (κ2) is 4.25. The van der Waals surface area contributed by atoms with Gasteiger partial charge in [-0.25, -0.2) is 4.98 Å². The third-order valence-corrected chi connectivity index (χ3v) is 3.30. The molecular weight excluding hydrogens is 230 g/mol. The minimum absolute atomic E-state index is 0.231. The number of imidazole rings is 1. The molecule has 2 aromatic heterocycles. The summed E-state index contributed by atoms with van der Waals surface area (Å²) < 4.78 is 1.72. The quantitative estimate of drug-likeness (QED) is 0.853. The molecule has 0 radical (unpaired) electrons. The number of nitrogen functional groups attached to an aromatic ring is 1. The first-order chi connectivity index (χ1) is 8.74. The molecule has 0 saturated heterocycles. The second-order valence-corrected chi connectivity index (χ2v) is 4.46. The summed E-state index contributed by atoms with van der Waals surface area (Å²) in [6.07, 6.45) is 8.73. The van der Waals surface area contributed by atoms with E-state index in [-0.39, 0.29) is 5.95 Å². The Kier molecular flexibility index (Phi) is 2.58. The van der Waals surface area contributed by atoms with E-state index in [4.69, 9.17) is 5.73 Å². The highest BCUT2D eigenvalue weighted by molar-refractivity contribution is 5.38. The molecule has 2 aromatic rings. The van der Waals surface area contributed by atoms with Crippen LogP contribution in [0.3, 0.4) is 0 Å². The number of hydrogen-bond donors (Lipinski definition) is 1. The maximum absolute atomic E-state index is 5.74. The Morgan fingerprint density at radius 1 is 1.33 bits per heavy atom. The van der Waals surface area contributed by atoms with E-state index in [1.807, 2.05) is 7.05 Å². The maximum atomic E-state index is 5.74. The first-order valence-corrected chi connectivity index (χ1v) is 5.97. The average molecular weight is 245 g/mol. The molecule has 0 spiro atoms. The summed E-state index contributed by atoms with van der Waals surface area (Å²) in [6, 6.07) is 0.516. The molecule has 0 amide bonds. The highest BCUT2D eigenvalue weighted by Crippen LogP contribution is 2.26. The second-order valence-electron chi connectivity index (χ2n) is 4.46. The van der Waals surface area contributed by atoms with Gasteiger partial charge < -0.3 is 10.6 Å². The van der Waals surface area contributed by atoms with Crippen molar-refractivity contribution in [2.45, 2.75) is 25.3 Å². The fourth-order valence-corrected chi connectivity index (χ4v) is 1.96. The fraction of sp³-hybridized carbons (Fsp3) is 0.455. The van der Waals surface area contributed by atoms with E-state index < -0.39 is 0 Å². The number of anilines is 2.